The number of hydrogen-bond acceptors (Lipinski definition) is 4. The molecule has 9 aliphatic carbocycles. The first-order valence-electron chi connectivity index (χ1n) is 25.5. The Morgan fingerprint density at radius 3 is 1.70 bits per heavy atom. The van der Waals surface area contributed by atoms with Crippen molar-refractivity contribution in [2.45, 2.75) is 238 Å². The molecule has 9 saturated carbocycles. The van der Waals surface area contributed by atoms with E-state index < -0.39 is 0 Å². The van der Waals surface area contributed by atoms with Gasteiger partial charge in [-0.3, -0.25) is 4.90 Å². The van der Waals surface area contributed by atoms with Crippen LogP contribution in [0.2, 0.25) is 0 Å². The molecular formula is C50H79NOS2. The van der Waals surface area contributed by atoms with Gasteiger partial charge in [0, 0.05) is 45.0 Å². The van der Waals surface area contributed by atoms with E-state index in [1.165, 1.54) is 64.2 Å². The maximum Gasteiger partial charge on any atom is 0.0621 e. The van der Waals surface area contributed by atoms with Crippen molar-refractivity contribution in [2.75, 3.05) is 0 Å². The monoisotopic (exact) mass is 774 g/mol. The van der Waals surface area contributed by atoms with E-state index in [1.807, 2.05) is 0 Å². The van der Waals surface area contributed by atoms with Gasteiger partial charge in [0.2, 0.25) is 0 Å². The Morgan fingerprint density at radius 1 is 0.352 bits per heavy atom. The van der Waals surface area contributed by atoms with Crippen LogP contribution in [0.15, 0.2) is 0 Å². The molecule has 12 fully saturated rings. The minimum Gasteiger partial charge on any atom is -0.374 e. The van der Waals surface area contributed by atoms with E-state index in [0.29, 0.717) is 12.2 Å². The van der Waals surface area contributed by atoms with Crippen molar-refractivity contribution in [1.29, 1.82) is 0 Å². The van der Waals surface area contributed by atoms with Crippen molar-refractivity contribution in [3.8, 4) is 0 Å². The number of rotatable bonds is 4. The predicted molar refractivity (Wildman–Crippen MR) is 228 cm³/mol. The predicted octanol–water partition coefficient (Wildman–Crippen LogP) is 13.0. The maximum absolute atomic E-state index is 6.99. The van der Waals surface area contributed by atoms with Crippen molar-refractivity contribution in [3.63, 3.8) is 0 Å². The molecule has 12 rings (SSSR count). The summed E-state index contributed by atoms with van der Waals surface area (Å²) < 4.78 is 6.99. The van der Waals surface area contributed by atoms with E-state index >= 15 is 0 Å². The second-order valence-electron chi connectivity index (χ2n) is 22.8. The summed E-state index contributed by atoms with van der Waals surface area (Å²) in [6, 6.07) is 2.65. The Hall–Kier alpha value is 0.620. The van der Waals surface area contributed by atoms with Gasteiger partial charge in [-0.05, 0) is 174 Å². The summed E-state index contributed by atoms with van der Waals surface area (Å²) in [7, 11) is 0. The van der Waals surface area contributed by atoms with Gasteiger partial charge in [0.15, 0.2) is 0 Å². The number of hydrogen-bond donors (Lipinski definition) is 0. The quantitative estimate of drug-likeness (QED) is 0.282. The second-order valence-corrected chi connectivity index (χ2v) is 25.6. The van der Waals surface area contributed by atoms with E-state index in [1.54, 1.807) is 122 Å². The number of ether oxygens (including phenoxy) is 1. The molecule has 4 heteroatoms. The molecule has 19 unspecified atom stereocenters. The smallest absolute Gasteiger partial charge is 0.0621 e. The minimum absolute atomic E-state index is 0.613. The first-order valence-corrected chi connectivity index (χ1v) is 27.4. The highest BCUT2D eigenvalue weighted by molar-refractivity contribution is 8.01. The lowest BCUT2D eigenvalue weighted by Gasteiger charge is -2.54. The molecule has 0 radical (unpaired) electrons. The van der Waals surface area contributed by atoms with Crippen LogP contribution >= 0.6 is 23.5 Å². The summed E-state index contributed by atoms with van der Waals surface area (Å²) in [5.74, 6) is 12.5. The number of thioether (sulfide) groups is 2. The first-order chi connectivity index (χ1) is 26.7. The average Bonchev–Trinajstić information content (AvgIpc) is 3.92. The molecule has 3 saturated heterocycles. The molecule has 302 valence electrons. The van der Waals surface area contributed by atoms with Crippen LogP contribution < -0.4 is 0 Å². The summed E-state index contributed by atoms with van der Waals surface area (Å²) in [5, 5.41) is 3.81. The zero-order chi connectivity index (χ0) is 35.3. The van der Waals surface area contributed by atoms with Crippen LogP contribution in [-0.4, -0.2) is 56.2 Å². The Bertz CT molecular complexity index is 1320. The highest BCUT2D eigenvalue weighted by Crippen LogP contribution is 2.64. The van der Waals surface area contributed by atoms with E-state index in [9.17, 15) is 0 Å². The zero-order valence-electron chi connectivity index (χ0n) is 34.3. The Balaban J connectivity index is 0.823. The van der Waals surface area contributed by atoms with Gasteiger partial charge in [0.25, 0.3) is 0 Å². The normalized spacial score (nSPS) is 56.7. The fourth-order valence-corrected chi connectivity index (χ4v) is 23.4. The van der Waals surface area contributed by atoms with Crippen LogP contribution in [0.4, 0.5) is 0 Å². The molecule has 12 aliphatic rings. The molecule has 2 nitrogen and oxygen atoms in total. The molecule has 54 heavy (non-hydrogen) atoms. The third-order valence-corrected chi connectivity index (χ3v) is 24.7. The highest BCUT2D eigenvalue weighted by Gasteiger charge is 2.61. The van der Waals surface area contributed by atoms with Gasteiger partial charge in [-0.15, -0.1) is 0 Å². The molecule has 0 bridgehead atoms. The van der Waals surface area contributed by atoms with Crippen molar-refractivity contribution in [3.05, 3.63) is 0 Å². The topological polar surface area (TPSA) is 12.5 Å². The fraction of sp³-hybridized carbons (Fsp3) is 1.00. The van der Waals surface area contributed by atoms with Gasteiger partial charge >= 0.3 is 0 Å². The summed E-state index contributed by atoms with van der Waals surface area (Å²) in [6.45, 7) is 0. The molecule has 19 atom stereocenters. The largest absolute Gasteiger partial charge is 0.374 e. The molecule has 3 heterocycles. The van der Waals surface area contributed by atoms with Crippen LogP contribution in [0.25, 0.3) is 0 Å². The molecule has 0 aromatic rings. The minimum atomic E-state index is 0.613. The lowest BCUT2D eigenvalue weighted by atomic mass is 9.62. The van der Waals surface area contributed by atoms with Gasteiger partial charge in [0.1, 0.15) is 0 Å². The maximum atomic E-state index is 6.99. The molecule has 0 aromatic heterocycles. The van der Waals surface area contributed by atoms with Crippen molar-refractivity contribution >= 4 is 23.5 Å². The Kier molecular flexibility index (Phi) is 10.3. The standard InChI is InChI=1S/C50H79NOS2/c1-2-10-32-27-35(20-19-30(32)9-1)31-21-23-36(24-22-31)51(42-16-8-15-38-41-28-33-11-3-4-12-34(33)29-46(41)53-48(38)42)43-17-7-14-37-39-25-26-45-47(50(39)54-49(37)43)40-13-5-6-18-44(40)52-45/h30-50H,1-29H2. The zero-order valence-corrected chi connectivity index (χ0v) is 35.9. The summed E-state index contributed by atoms with van der Waals surface area (Å²) >= 11 is 5.28. The van der Waals surface area contributed by atoms with Gasteiger partial charge in [-0.1, -0.05) is 77.0 Å². The van der Waals surface area contributed by atoms with Crippen molar-refractivity contribution < 1.29 is 4.74 Å². The lowest BCUT2D eigenvalue weighted by Crippen LogP contribution is -2.60. The van der Waals surface area contributed by atoms with E-state index in [0.717, 1.165) is 110 Å². The molecule has 0 spiro atoms. The first kappa shape index (κ1) is 36.5. The van der Waals surface area contributed by atoms with Crippen LogP contribution in [0, 0.1) is 71.0 Å². The summed E-state index contributed by atoms with van der Waals surface area (Å²) in [4.78, 5) is 3.52. The van der Waals surface area contributed by atoms with Crippen LogP contribution in [0.1, 0.15) is 186 Å². The molecule has 0 N–H and O–H groups in total. The van der Waals surface area contributed by atoms with Gasteiger partial charge in [-0.2, -0.15) is 23.5 Å². The average molecular weight is 774 g/mol. The van der Waals surface area contributed by atoms with Crippen LogP contribution in [-0.2, 0) is 4.74 Å². The molecular weight excluding hydrogens is 695 g/mol. The third kappa shape index (κ3) is 6.26. The third-order valence-electron chi connectivity index (χ3n) is 20.9. The van der Waals surface area contributed by atoms with Crippen LogP contribution in [0.3, 0.4) is 0 Å². The second kappa shape index (κ2) is 15.3. The Morgan fingerprint density at radius 2 is 0.907 bits per heavy atom. The van der Waals surface area contributed by atoms with E-state index in [2.05, 4.69) is 28.4 Å². The van der Waals surface area contributed by atoms with Gasteiger partial charge < -0.3 is 4.74 Å². The molecule has 3 aliphatic heterocycles. The number of fused-ring (bicyclic) bond motifs is 12. The van der Waals surface area contributed by atoms with Crippen molar-refractivity contribution in [2.24, 2.45) is 71.0 Å². The van der Waals surface area contributed by atoms with Crippen molar-refractivity contribution in [1.82, 2.24) is 4.90 Å². The van der Waals surface area contributed by atoms with E-state index in [-0.39, 0.29) is 0 Å². The summed E-state index contributed by atoms with van der Waals surface area (Å²) in [6.07, 6.45) is 46.0. The lowest BCUT2D eigenvalue weighted by molar-refractivity contribution is -0.0188. The SMILES string of the molecule is C1CCC2CC(C3CCC(N(C4CCCC5C6CC7CCCCC7CC6SC54)C4CCCC5C6CCC7OC8CCCCC8C7C6SC54)CC3)CCC2C1. The van der Waals surface area contributed by atoms with Gasteiger partial charge in [0.05, 0.1) is 12.2 Å². The molecule has 0 amide bonds. The van der Waals surface area contributed by atoms with E-state index in [4.69, 9.17) is 4.74 Å². The fourth-order valence-electron chi connectivity index (χ4n) is 18.7. The van der Waals surface area contributed by atoms with Crippen LogP contribution in [0.5, 0.6) is 0 Å². The highest BCUT2D eigenvalue weighted by atomic mass is 32.2. The number of nitrogens with zero attached hydrogens (tertiary/aromatic N) is 1. The van der Waals surface area contributed by atoms with Gasteiger partial charge in [-0.25, -0.2) is 0 Å². The molecule has 0 aromatic carbocycles. The Labute approximate surface area is 340 Å². The summed E-state index contributed by atoms with van der Waals surface area (Å²) in [5.41, 5.74) is 0.